The second kappa shape index (κ2) is 3.15. The lowest BCUT2D eigenvalue weighted by Crippen LogP contribution is -2.13. The molecule has 2 N–H and O–H groups in total. The van der Waals surface area contributed by atoms with Crippen molar-refractivity contribution in [2.24, 2.45) is 5.92 Å². The minimum Gasteiger partial charge on any atom is -0.477 e. The highest BCUT2D eigenvalue weighted by Gasteiger charge is 2.32. The molecule has 1 rings (SSSR count). The van der Waals surface area contributed by atoms with Gasteiger partial charge in [-0.1, -0.05) is 11.6 Å². The molecule has 0 heterocycles. The Morgan fingerprint density at radius 2 is 1.58 bits per heavy atom. The van der Waals surface area contributed by atoms with Crippen molar-refractivity contribution in [1.82, 2.24) is 0 Å². The van der Waals surface area contributed by atoms with Crippen LogP contribution in [0, 0.1) is 5.92 Å². The molecule has 0 unspecified atom stereocenters. The summed E-state index contributed by atoms with van der Waals surface area (Å²) in [5.74, 6) is -2.99. The fourth-order valence-corrected chi connectivity index (χ4v) is 1.22. The Bertz CT molecular complexity index is 249. The Morgan fingerprint density at radius 1 is 1.17 bits per heavy atom. The Labute approximate surface area is 73.4 Å². The molecular weight excluding hydrogens is 184 g/mol. The van der Waals surface area contributed by atoms with Crippen molar-refractivity contribution in [2.75, 3.05) is 0 Å². The van der Waals surface area contributed by atoms with E-state index in [1.54, 1.807) is 0 Å². The first-order valence-corrected chi connectivity index (χ1v) is 3.78. The number of aliphatic carboxylic acids is 2. The Kier molecular flexibility index (Phi) is 2.38. The molecule has 0 saturated heterocycles. The SMILES string of the molecule is O=C(O)C(C(=O)O)=C(Cl)C1CC1. The summed E-state index contributed by atoms with van der Waals surface area (Å²) in [7, 11) is 0. The predicted octanol–water partition coefficient (Wildman–Crippen LogP) is 1.06. The van der Waals surface area contributed by atoms with Crippen LogP contribution in [0.5, 0.6) is 0 Å². The van der Waals surface area contributed by atoms with Crippen molar-refractivity contribution < 1.29 is 19.8 Å². The van der Waals surface area contributed by atoms with E-state index in [0.717, 1.165) is 12.8 Å². The normalized spacial score (nSPS) is 15.4. The number of carbonyl (C=O) groups is 2. The van der Waals surface area contributed by atoms with Gasteiger partial charge in [-0.15, -0.1) is 0 Å². The number of carboxylic acid groups (broad SMARTS) is 2. The van der Waals surface area contributed by atoms with Crippen LogP contribution in [0.3, 0.4) is 0 Å². The van der Waals surface area contributed by atoms with E-state index >= 15 is 0 Å². The summed E-state index contributed by atoms with van der Waals surface area (Å²) in [6, 6.07) is 0. The zero-order valence-electron chi connectivity index (χ0n) is 6.08. The van der Waals surface area contributed by atoms with Gasteiger partial charge < -0.3 is 10.2 Å². The lowest BCUT2D eigenvalue weighted by atomic mass is 10.2. The molecule has 66 valence electrons. The molecule has 12 heavy (non-hydrogen) atoms. The largest absolute Gasteiger partial charge is 0.477 e. The molecule has 0 amide bonds. The van der Waals surface area contributed by atoms with Gasteiger partial charge in [-0.25, -0.2) is 9.59 Å². The molecule has 1 fully saturated rings. The van der Waals surface area contributed by atoms with Crippen molar-refractivity contribution in [3.05, 3.63) is 10.6 Å². The molecule has 0 aromatic rings. The van der Waals surface area contributed by atoms with E-state index in [4.69, 9.17) is 21.8 Å². The van der Waals surface area contributed by atoms with Crippen molar-refractivity contribution in [3.63, 3.8) is 0 Å². The molecule has 0 aliphatic heterocycles. The Balaban J connectivity index is 2.96. The Hall–Kier alpha value is -1.03. The quantitative estimate of drug-likeness (QED) is 0.396. The van der Waals surface area contributed by atoms with Gasteiger partial charge in [-0.05, 0) is 18.8 Å². The van der Waals surface area contributed by atoms with Crippen LogP contribution in [0.15, 0.2) is 10.6 Å². The zero-order chi connectivity index (χ0) is 9.30. The molecule has 0 spiro atoms. The topological polar surface area (TPSA) is 74.6 Å². The van der Waals surface area contributed by atoms with E-state index in [9.17, 15) is 9.59 Å². The number of rotatable bonds is 3. The molecule has 5 heteroatoms. The third kappa shape index (κ3) is 1.76. The van der Waals surface area contributed by atoms with E-state index in [1.807, 2.05) is 0 Å². The van der Waals surface area contributed by atoms with E-state index in [2.05, 4.69) is 0 Å². The summed E-state index contributed by atoms with van der Waals surface area (Å²) in [5, 5.41) is 16.9. The summed E-state index contributed by atoms with van der Waals surface area (Å²) in [6.07, 6.45) is 1.56. The summed E-state index contributed by atoms with van der Waals surface area (Å²) in [4.78, 5) is 20.8. The van der Waals surface area contributed by atoms with Crippen molar-refractivity contribution in [1.29, 1.82) is 0 Å². The number of halogens is 1. The van der Waals surface area contributed by atoms with Gasteiger partial charge in [0, 0.05) is 5.03 Å². The van der Waals surface area contributed by atoms with Crippen molar-refractivity contribution >= 4 is 23.5 Å². The summed E-state index contributed by atoms with van der Waals surface area (Å²) in [6.45, 7) is 0. The number of allylic oxidation sites excluding steroid dienone is 1. The summed E-state index contributed by atoms with van der Waals surface area (Å²) < 4.78 is 0. The maximum absolute atomic E-state index is 10.4. The number of hydrogen-bond acceptors (Lipinski definition) is 2. The lowest BCUT2D eigenvalue weighted by molar-refractivity contribution is -0.140. The first kappa shape index (κ1) is 9.06. The van der Waals surface area contributed by atoms with E-state index in [1.165, 1.54) is 0 Å². The molecule has 0 aromatic carbocycles. The van der Waals surface area contributed by atoms with Gasteiger partial charge in [-0.2, -0.15) is 0 Å². The third-order valence-electron chi connectivity index (χ3n) is 1.60. The highest BCUT2D eigenvalue weighted by molar-refractivity contribution is 6.35. The molecule has 0 aromatic heterocycles. The molecule has 0 radical (unpaired) electrons. The summed E-state index contributed by atoms with van der Waals surface area (Å²) >= 11 is 5.55. The second-order valence-corrected chi connectivity index (χ2v) is 3.01. The Morgan fingerprint density at radius 3 is 1.83 bits per heavy atom. The van der Waals surface area contributed by atoms with Gasteiger partial charge in [0.25, 0.3) is 0 Å². The minimum atomic E-state index is -1.47. The fraction of sp³-hybridized carbons (Fsp3) is 0.429. The van der Waals surface area contributed by atoms with Crippen molar-refractivity contribution in [3.8, 4) is 0 Å². The van der Waals surface area contributed by atoms with Gasteiger partial charge in [0.2, 0.25) is 0 Å². The van der Waals surface area contributed by atoms with Crippen LogP contribution in [-0.2, 0) is 9.59 Å². The molecule has 0 atom stereocenters. The van der Waals surface area contributed by atoms with Crippen LogP contribution in [0.2, 0.25) is 0 Å². The van der Waals surface area contributed by atoms with Crippen LogP contribution < -0.4 is 0 Å². The average Bonchev–Trinajstić information content (AvgIpc) is 2.64. The average molecular weight is 191 g/mol. The molecule has 1 aliphatic carbocycles. The highest BCUT2D eigenvalue weighted by atomic mass is 35.5. The lowest BCUT2D eigenvalue weighted by Gasteiger charge is -1.98. The summed E-state index contributed by atoms with van der Waals surface area (Å²) in [5.41, 5.74) is -0.695. The number of carboxylic acids is 2. The molecule has 1 saturated carbocycles. The van der Waals surface area contributed by atoms with Crippen LogP contribution in [-0.4, -0.2) is 22.2 Å². The van der Waals surface area contributed by atoms with Crippen molar-refractivity contribution in [2.45, 2.75) is 12.8 Å². The first-order valence-electron chi connectivity index (χ1n) is 3.40. The molecular formula is C7H7ClO4. The zero-order valence-corrected chi connectivity index (χ0v) is 6.84. The second-order valence-electron chi connectivity index (χ2n) is 2.61. The smallest absolute Gasteiger partial charge is 0.344 e. The van der Waals surface area contributed by atoms with E-state index in [-0.39, 0.29) is 11.0 Å². The monoisotopic (exact) mass is 190 g/mol. The van der Waals surface area contributed by atoms with Crippen LogP contribution in [0.1, 0.15) is 12.8 Å². The van der Waals surface area contributed by atoms with Gasteiger partial charge in [0.05, 0.1) is 0 Å². The first-order chi connectivity index (χ1) is 5.54. The molecule has 4 nitrogen and oxygen atoms in total. The standard InChI is InChI=1S/C7H7ClO4/c8-5(3-1-2-3)4(6(9)10)7(11)12/h3H,1-2H2,(H,9,10)(H,11,12). The highest BCUT2D eigenvalue weighted by Crippen LogP contribution is 2.40. The maximum Gasteiger partial charge on any atom is 0.344 e. The van der Waals surface area contributed by atoms with Gasteiger partial charge in [-0.3, -0.25) is 0 Å². The maximum atomic E-state index is 10.4. The third-order valence-corrected chi connectivity index (χ3v) is 2.10. The molecule has 0 bridgehead atoms. The van der Waals surface area contributed by atoms with Crippen LogP contribution in [0.4, 0.5) is 0 Å². The minimum absolute atomic E-state index is 0.0324. The number of hydrogen-bond donors (Lipinski definition) is 2. The molecule has 1 aliphatic rings. The van der Waals surface area contributed by atoms with Crippen LogP contribution in [0.25, 0.3) is 0 Å². The van der Waals surface area contributed by atoms with Crippen LogP contribution >= 0.6 is 11.6 Å². The van der Waals surface area contributed by atoms with E-state index < -0.39 is 17.5 Å². The van der Waals surface area contributed by atoms with Gasteiger partial charge in [0.15, 0.2) is 5.57 Å². The van der Waals surface area contributed by atoms with E-state index in [0.29, 0.717) is 0 Å². The van der Waals surface area contributed by atoms with Gasteiger partial charge >= 0.3 is 11.9 Å². The fourth-order valence-electron chi connectivity index (χ4n) is 0.837. The predicted molar refractivity (Wildman–Crippen MR) is 40.9 cm³/mol. The van der Waals surface area contributed by atoms with Gasteiger partial charge in [0.1, 0.15) is 0 Å².